The van der Waals surface area contributed by atoms with Crippen molar-refractivity contribution in [3.8, 4) is 17.2 Å². The molecule has 0 radical (unpaired) electrons. The van der Waals surface area contributed by atoms with Gasteiger partial charge in [-0.3, -0.25) is 9.59 Å². The van der Waals surface area contributed by atoms with Crippen LogP contribution in [0.1, 0.15) is 34.3 Å². The molecule has 1 saturated heterocycles. The monoisotopic (exact) mass is 404 g/mol. The van der Waals surface area contributed by atoms with Crippen molar-refractivity contribution in [1.82, 2.24) is 10.6 Å². The molecular weight excluding hydrogens is 380 g/mol. The molecule has 2 aliphatic heterocycles. The molecule has 0 aliphatic carbocycles. The van der Waals surface area contributed by atoms with Gasteiger partial charge in [-0.1, -0.05) is 30.3 Å². The molecule has 0 bridgehead atoms. The first kappa shape index (κ1) is 20.1. The van der Waals surface area contributed by atoms with E-state index in [1.165, 1.54) is 0 Å². The molecule has 0 aromatic heterocycles. The first-order chi connectivity index (χ1) is 14.5. The summed E-state index contributed by atoms with van der Waals surface area (Å²) in [5.74, 6) is -0.327. The van der Waals surface area contributed by atoms with Crippen LogP contribution in [0, 0.1) is 11.3 Å². The van der Waals surface area contributed by atoms with Crippen LogP contribution in [0.15, 0.2) is 42.5 Å². The minimum atomic E-state index is -0.971. The van der Waals surface area contributed by atoms with Gasteiger partial charge in [0.25, 0.3) is 5.91 Å². The minimum Gasteiger partial charge on any atom is -0.381 e. The van der Waals surface area contributed by atoms with Crippen LogP contribution in [-0.4, -0.2) is 36.6 Å². The van der Waals surface area contributed by atoms with E-state index in [-0.39, 0.29) is 11.8 Å². The molecule has 7 nitrogen and oxygen atoms in total. The number of hydrogen-bond acceptors (Lipinski definition) is 5. The maximum Gasteiger partial charge on any atom is 0.251 e. The Morgan fingerprint density at radius 1 is 1.20 bits per heavy atom. The second-order valence-corrected chi connectivity index (χ2v) is 7.88. The Balaban J connectivity index is 1.42. The van der Waals surface area contributed by atoms with Crippen LogP contribution < -0.4 is 16.4 Å². The summed E-state index contributed by atoms with van der Waals surface area (Å²) >= 11 is 0. The lowest BCUT2D eigenvalue weighted by Gasteiger charge is -2.32. The Morgan fingerprint density at radius 2 is 1.90 bits per heavy atom. The molecule has 7 heteroatoms. The number of benzene rings is 2. The Labute approximate surface area is 175 Å². The van der Waals surface area contributed by atoms with Gasteiger partial charge in [0.05, 0.1) is 11.6 Å². The van der Waals surface area contributed by atoms with E-state index < -0.39 is 11.6 Å². The number of ether oxygens (including phenoxy) is 1. The quantitative estimate of drug-likeness (QED) is 0.701. The van der Waals surface area contributed by atoms with Crippen molar-refractivity contribution in [3.05, 3.63) is 59.2 Å². The van der Waals surface area contributed by atoms with Crippen molar-refractivity contribution in [2.45, 2.75) is 37.4 Å². The van der Waals surface area contributed by atoms with Gasteiger partial charge in [-0.05, 0) is 47.2 Å². The molecule has 2 amide bonds. The van der Waals surface area contributed by atoms with Crippen molar-refractivity contribution < 1.29 is 14.3 Å². The Morgan fingerprint density at radius 3 is 2.60 bits per heavy atom. The van der Waals surface area contributed by atoms with Crippen molar-refractivity contribution in [2.24, 2.45) is 5.73 Å². The summed E-state index contributed by atoms with van der Waals surface area (Å²) in [5.41, 5.74) is 9.97. The second kappa shape index (κ2) is 8.27. The number of carbonyl (C=O) groups is 2. The molecule has 2 aromatic carbocycles. The summed E-state index contributed by atoms with van der Waals surface area (Å²) in [6.45, 7) is 1.46. The van der Waals surface area contributed by atoms with Crippen molar-refractivity contribution in [1.29, 1.82) is 5.26 Å². The fourth-order valence-electron chi connectivity index (χ4n) is 3.87. The number of amides is 2. The first-order valence-corrected chi connectivity index (χ1v) is 10.1. The molecule has 0 spiro atoms. The summed E-state index contributed by atoms with van der Waals surface area (Å²) in [4.78, 5) is 24.3. The molecule has 2 aliphatic rings. The zero-order chi connectivity index (χ0) is 21.1. The zero-order valence-electron chi connectivity index (χ0n) is 16.6. The van der Waals surface area contributed by atoms with Crippen LogP contribution in [0.4, 0.5) is 0 Å². The number of fused-ring (bicyclic) bond motifs is 1. The number of nitrogens with one attached hydrogen (secondary N) is 2. The van der Waals surface area contributed by atoms with Gasteiger partial charge in [0, 0.05) is 31.7 Å². The molecule has 154 valence electrons. The third-order valence-electron chi connectivity index (χ3n) is 5.81. The average molecular weight is 404 g/mol. The second-order valence-electron chi connectivity index (χ2n) is 7.88. The van der Waals surface area contributed by atoms with Crippen molar-refractivity contribution in [2.75, 3.05) is 13.2 Å². The highest BCUT2D eigenvalue weighted by atomic mass is 16.5. The smallest absolute Gasteiger partial charge is 0.251 e. The van der Waals surface area contributed by atoms with Gasteiger partial charge in [-0.25, -0.2) is 0 Å². The van der Waals surface area contributed by atoms with Gasteiger partial charge < -0.3 is 21.1 Å². The van der Waals surface area contributed by atoms with Crippen LogP contribution in [0.25, 0.3) is 11.1 Å². The molecular formula is C23H24N4O3. The Bertz CT molecular complexity index is 1000. The standard InChI is InChI=1S/C23H24N4O3/c24-13-19(27-22(29)23(25)7-9-30-10-8-23)11-15-1-3-16(4-2-15)17-5-6-20-18(12-17)14-26-21(20)28/h1-6,12,19H,7-11,14,25H2,(H,26,28)(H,27,29). The number of nitrogens with two attached hydrogens (primary N) is 1. The van der Waals surface area contributed by atoms with Gasteiger partial charge >= 0.3 is 0 Å². The van der Waals surface area contributed by atoms with E-state index >= 15 is 0 Å². The van der Waals surface area contributed by atoms with Gasteiger partial charge in [-0.2, -0.15) is 5.26 Å². The van der Waals surface area contributed by atoms with Crippen LogP contribution in [0.5, 0.6) is 0 Å². The van der Waals surface area contributed by atoms with Crippen LogP contribution >= 0.6 is 0 Å². The largest absolute Gasteiger partial charge is 0.381 e. The zero-order valence-corrected chi connectivity index (χ0v) is 16.6. The van der Waals surface area contributed by atoms with Gasteiger partial charge in [-0.15, -0.1) is 0 Å². The number of hydrogen-bond donors (Lipinski definition) is 3. The number of rotatable bonds is 5. The fourth-order valence-corrected chi connectivity index (χ4v) is 3.87. The summed E-state index contributed by atoms with van der Waals surface area (Å²) < 4.78 is 5.27. The van der Waals surface area contributed by atoms with Crippen molar-refractivity contribution in [3.63, 3.8) is 0 Å². The van der Waals surface area contributed by atoms with E-state index in [9.17, 15) is 14.9 Å². The number of nitriles is 1. The van der Waals surface area contributed by atoms with E-state index in [2.05, 4.69) is 16.7 Å². The maximum absolute atomic E-state index is 12.6. The predicted molar refractivity (Wildman–Crippen MR) is 111 cm³/mol. The summed E-state index contributed by atoms with van der Waals surface area (Å²) in [7, 11) is 0. The van der Waals surface area contributed by atoms with Crippen LogP contribution in [0.3, 0.4) is 0 Å². The lowest BCUT2D eigenvalue weighted by molar-refractivity contribution is -0.130. The lowest BCUT2D eigenvalue weighted by Crippen LogP contribution is -2.58. The topological polar surface area (TPSA) is 117 Å². The van der Waals surface area contributed by atoms with Crippen LogP contribution in [-0.2, 0) is 22.5 Å². The molecule has 1 atom stereocenters. The van der Waals surface area contributed by atoms with E-state index in [0.29, 0.717) is 39.0 Å². The molecule has 30 heavy (non-hydrogen) atoms. The van der Waals surface area contributed by atoms with Gasteiger partial charge in [0.2, 0.25) is 5.91 Å². The lowest BCUT2D eigenvalue weighted by atomic mass is 9.90. The predicted octanol–water partition coefficient (Wildman–Crippen LogP) is 1.66. The van der Waals surface area contributed by atoms with Gasteiger partial charge in [0.15, 0.2) is 0 Å². The normalized spacial score (nSPS) is 18.1. The summed E-state index contributed by atoms with van der Waals surface area (Å²) in [6, 6.07) is 15.2. The average Bonchev–Trinajstić information content (AvgIpc) is 3.14. The molecule has 2 heterocycles. The third-order valence-corrected chi connectivity index (χ3v) is 5.81. The highest BCUT2D eigenvalue weighted by molar-refractivity contribution is 5.98. The molecule has 2 aromatic rings. The fraction of sp³-hybridized carbons (Fsp3) is 0.348. The van der Waals surface area contributed by atoms with Crippen molar-refractivity contribution >= 4 is 11.8 Å². The SMILES string of the molecule is N#CC(Cc1ccc(-c2ccc3c(c2)CNC3=O)cc1)NC(=O)C1(N)CCOCC1. The van der Waals surface area contributed by atoms with E-state index in [0.717, 1.165) is 27.8 Å². The van der Waals surface area contributed by atoms with E-state index in [1.54, 1.807) is 0 Å². The highest BCUT2D eigenvalue weighted by Crippen LogP contribution is 2.25. The molecule has 0 saturated carbocycles. The third kappa shape index (κ3) is 4.06. The highest BCUT2D eigenvalue weighted by Gasteiger charge is 2.36. The molecule has 4 rings (SSSR count). The molecule has 4 N–H and O–H groups in total. The number of nitrogens with zero attached hydrogens (tertiary/aromatic N) is 1. The van der Waals surface area contributed by atoms with E-state index in [4.69, 9.17) is 10.5 Å². The minimum absolute atomic E-state index is 0.0310. The first-order valence-electron chi connectivity index (χ1n) is 10.1. The molecule has 1 unspecified atom stereocenters. The van der Waals surface area contributed by atoms with Crippen LogP contribution in [0.2, 0.25) is 0 Å². The van der Waals surface area contributed by atoms with Gasteiger partial charge in [0.1, 0.15) is 6.04 Å². The summed E-state index contributed by atoms with van der Waals surface area (Å²) in [6.07, 6.45) is 1.30. The summed E-state index contributed by atoms with van der Waals surface area (Å²) in [5, 5.41) is 15.1. The Hall–Kier alpha value is -3.21. The number of carbonyl (C=O) groups excluding carboxylic acids is 2. The molecule has 1 fully saturated rings. The van der Waals surface area contributed by atoms with E-state index in [1.807, 2.05) is 42.5 Å². The Kier molecular flexibility index (Phi) is 5.53. The maximum atomic E-state index is 12.6.